The lowest BCUT2D eigenvalue weighted by molar-refractivity contribution is -0.173. The van der Waals surface area contributed by atoms with Crippen molar-refractivity contribution in [3.8, 4) is 0 Å². The van der Waals surface area contributed by atoms with Crippen LogP contribution in [0.25, 0.3) is 0 Å². The van der Waals surface area contributed by atoms with Crippen molar-refractivity contribution in [3.63, 3.8) is 0 Å². The molecule has 0 amide bonds. The van der Waals surface area contributed by atoms with Gasteiger partial charge < -0.3 is 24.4 Å². The molecule has 0 aliphatic carbocycles. The summed E-state index contributed by atoms with van der Waals surface area (Å²) in [5, 5.41) is 18.9. The topological polar surface area (TPSA) is 85.2 Å². The zero-order valence-corrected chi connectivity index (χ0v) is 8.75. The van der Waals surface area contributed by atoms with E-state index in [1.54, 1.807) is 0 Å². The van der Waals surface area contributed by atoms with E-state index in [1.807, 2.05) is 0 Å². The van der Waals surface area contributed by atoms with Crippen LogP contribution < -0.4 is 0 Å². The van der Waals surface area contributed by atoms with Crippen molar-refractivity contribution in [3.05, 3.63) is 0 Å². The van der Waals surface area contributed by atoms with Gasteiger partial charge in [-0.2, -0.15) is 0 Å². The molecule has 1 fully saturated rings. The Morgan fingerprint density at radius 2 is 2.33 bits per heavy atom. The summed E-state index contributed by atoms with van der Waals surface area (Å²) < 4.78 is 14.6. The van der Waals surface area contributed by atoms with Gasteiger partial charge in [-0.05, 0) is 0 Å². The Hall–Kier alpha value is -0.690. The number of aliphatic hydroxyl groups excluding tert-OH is 2. The molecule has 6 heteroatoms. The number of carbonyl (C=O) groups is 1. The number of methoxy groups -OCH3 is 1. The second-order valence-electron chi connectivity index (χ2n) is 3.47. The molecular formula is C9H16O6. The maximum atomic E-state index is 10.7. The number of hydrogen-bond acceptors (Lipinski definition) is 6. The predicted octanol–water partition coefficient (Wildman–Crippen LogP) is -0.967. The van der Waals surface area contributed by atoms with Crippen molar-refractivity contribution in [1.82, 2.24) is 0 Å². The summed E-state index contributed by atoms with van der Waals surface area (Å²) in [7, 11) is 1.46. The molecule has 88 valence electrons. The molecule has 1 heterocycles. The molecule has 1 aliphatic rings. The molecule has 6 nitrogen and oxygen atoms in total. The van der Waals surface area contributed by atoms with Crippen LogP contribution in [-0.2, 0) is 19.0 Å². The first kappa shape index (κ1) is 12.4. The van der Waals surface area contributed by atoms with Gasteiger partial charge in [-0.25, -0.2) is 0 Å². The monoisotopic (exact) mass is 220 g/mol. The van der Waals surface area contributed by atoms with Crippen LogP contribution >= 0.6 is 0 Å². The maximum absolute atomic E-state index is 10.7. The van der Waals surface area contributed by atoms with Crippen LogP contribution in [0, 0.1) is 0 Å². The maximum Gasteiger partial charge on any atom is 0.303 e. The number of ether oxygens (including phenoxy) is 3. The van der Waals surface area contributed by atoms with Gasteiger partial charge in [-0.1, -0.05) is 0 Å². The molecule has 1 unspecified atom stereocenters. The zero-order valence-electron chi connectivity index (χ0n) is 8.75. The first-order chi connectivity index (χ1) is 7.04. The van der Waals surface area contributed by atoms with Crippen LogP contribution in [0.5, 0.6) is 0 Å². The van der Waals surface area contributed by atoms with E-state index in [0.717, 1.165) is 0 Å². The summed E-state index contributed by atoms with van der Waals surface area (Å²) in [5.41, 5.74) is 0. The number of aliphatic hydroxyl groups is 2. The molecule has 1 rings (SSSR count). The molecule has 0 spiro atoms. The Bertz CT molecular complexity index is 219. The molecule has 1 saturated heterocycles. The highest BCUT2D eigenvalue weighted by atomic mass is 16.7. The second-order valence-corrected chi connectivity index (χ2v) is 3.47. The quantitative estimate of drug-likeness (QED) is 0.593. The zero-order chi connectivity index (χ0) is 11.4. The molecule has 0 aromatic carbocycles. The average molecular weight is 220 g/mol. The van der Waals surface area contributed by atoms with Gasteiger partial charge in [0.05, 0.1) is 12.7 Å². The lowest BCUT2D eigenvalue weighted by Gasteiger charge is -2.15. The highest BCUT2D eigenvalue weighted by Gasteiger charge is 2.39. The Kier molecular flexibility index (Phi) is 4.46. The summed E-state index contributed by atoms with van der Waals surface area (Å²) >= 11 is 0. The third-order valence-electron chi connectivity index (χ3n) is 2.18. The van der Waals surface area contributed by atoms with E-state index in [-0.39, 0.29) is 13.0 Å². The SMILES string of the molecule is COCC(O)[C@@H]1C[C@@H](OC(C)=O)[C@@H](O)O1. The summed E-state index contributed by atoms with van der Waals surface area (Å²) in [5.74, 6) is -0.482. The standard InChI is InChI=1S/C9H16O6/c1-5(10)14-8-3-7(15-9(8)12)6(11)4-13-2/h6-9,11-12H,3-4H2,1-2H3/t6?,7-,8+,9-/m0/s1. The van der Waals surface area contributed by atoms with Crippen molar-refractivity contribution in [2.24, 2.45) is 0 Å². The Morgan fingerprint density at radius 3 is 2.87 bits per heavy atom. The number of hydrogen-bond donors (Lipinski definition) is 2. The van der Waals surface area contributed by atoms with Crippen LogP contribution in [-0.4, -0.2) is 54.5 Å². The van der Waals surface area contributed by atoms with Crippen molar-refractivity contribution in [2.75, 3.05) is 13.7 Å². The van der Waals surface area contributed by atoms with Crippen LogP contribution in [0.15, 0.2) is 0 Å². The van der Waals surface area contributed by atoms with Crippen molar-refractivity contribution >= 4 is 5.97 Å². The lowest BCUT2D eigenvalue weighted by Crippen LogP contribution is -2.30. The molecule has 0 bridgehead atoms. The van der Waals surface area contributed by atoms with Crippen LogP contribution in [0.3, 0.4) is 0 Å². The predicted molar refractivity (Wildman–Crippen MR) is 48.9 cm³/mol. The molecule has 15 heavy (non-hydrogen) atoms. The van der Waals surface area contributed by atoms with Gasteiger partial charge in [0.15, 0.2) is 12.4 Å². The fraction of sp³-hybridized carbons (Fsp3) is 0.889. The second kappa shape index (κ2) is 5.41. The molecule has 0 aromatic heterocycles. The van der Waals surface area contributed by atoms with Gasteiger partial charge in [0.25, 0.3) is 0 Å². The Labute approximate surface area is 87.7 Å². The van der Waals surface area contributed by atoms with E-state index in [0.29, 0.717) is 0 Å². The van der Waals surface area contributed by atoms with Gasteiger partial charge in [-0.3, -0.25) is 4.79 Å². The van der Waals surface area contributed by atoms with E-state index in [4.69, 9.17) is 14.2 Å². The Morgan fingerprint density at radius 1 is 1.67 bits per heavy atom. The average Bonchev–Trinajstić information content (AvgIpc) is 2.47. The molecule has 4 atom stereocenters. The van der Waals surface area contributed by atoms with Gasteiger partial charge in [0, 0.05) is 20.5 Å². The van der Waals surface area contributed by atoms with Crippen LogP contribution in [0.4, 0.5) is 0 Å². The van der Waals surface area contributed by atoms with Crippen LogP contribution in [0.2, 0.25) is 0 Å². The van der Waals surface area contributed by atoms with Crippen LogP contribution in [0.1, 0.15) is 13.3 Å². The van der Waals surface area contributed by atoms with E-state index in [2.05, 4.69) is 0 Å². The van der Waals surface area contributed by atoms with E-state index in [1.165, 1.54) is 14.0 Å². The smallest absolute Gasteiger partial charge is 0.303 e. The third-order valence-corrected chi connectivity index (χ3v) is 2.18. The van der Waals surface area contributed by atoms with Crippen molar-refractivity contribution in [1.29, 1.82) is 0 Å². The van der Waals surface area contributed by atoms with Gasteiger partial charge in [-0.15, -0.1) is 0 Å². The minimum atomic E-state index is -1.18. The van der Waals surface area contributed by atoms with E-state index in [9.17, 15) is 15.0 Å². The van der Waals surface area contributed by atoms with E-state index < -0.39 is 30.6 Å². The fourth-order valence-electron chi connectivity index (χ4n) is 1.51. The normalized spacial score (nSPS) is 32.7. The molecule has 0 radical (unpaired) electrons. The number of carbonyl (C=O) groups excluding carboxylic acids is 1. The molecule has 0 aromatic rings. The summed E-state index contributed by atoms with van der Waals surface area (Å²) in [4.78, 5) is 10.7. The van der Waals surface area contributed by atoms with Gasteiger partial charge in [0.2, 0.25) is 0 Å². The molecular weight excluding hydrogens is 204 g/mol. The van der Waals surface area contributed by atoms with Crippen molar-refractivity contribution < 1.29 is 29.2 Å². The molecule has 2 N–H and O–H groups in total. The lowest BCUT2D eigenvalue weighted by atomic mass is 10.1. The first-order valence-corrected chi connectivity index (χ1v) is 4.72. The minimum Gasteiger partial charge on any atom is -0.457 e. The largest absolute Gasteiger partial charge is 0.457 e. The minimum absolute atomic E-state index is 0.115. The van der Waals surface area contributed by atoms with Crippen molar-refractivity contribution in [2.45, 2.75) is 37.9 Å². The first-order valence-electron chi connectivity index (χ1n) is 4.72. The summed E-state index contributed by atoms with van der Waals surface area (Å²) in [6.45, 7) is 1.37. The van der Waals surface area contributed by atoms with Gasteiger partial charge >= 0.3 is 5.97 Å². The molecule has 1 aliphatic heterocycles. The molecule has 0 saturated carbocycles. The fourth-order valence-corrected chi connectivity index (χ4v) is 1.51. The third kappa shape index (κ3) is 3.42. The highest BCUT2D eigenvalue weighted by molar-refractivity contribution is 5.66. The van der Waals surface area contributed by atoms with Gasteiger partial charge in [0.1, 0.15) is 6.10 Å². The highest BCUT2D eigenvalue weighted by Crippen LogP contribution is 2.24. The summed E-state index contributed by atoms with van der Waals surface area (Å²) in [6.07, 6.45) is -3.01. The number of esters is 1. The Balaban J connectivity index is 2.44. The van der Waals surface area contributed by atoms with E-state index >= 15 is 0 Å². The summed E-state index contributed by atoms with van der Waals surface area (Å²) in [6, 6.07) is 0. The number of rotatable bonds is 4.